The molecule has 3 aromatic heterocycles. The lowest BCUT2D eigenvalue weighted by molar-refractivity contribution is 0.102. The number of hydrogen-bond donors (Lipinski definition) is 1. The number of hydrogen-bond acceptors (Lipinski definition) is 4. The third-order valence-electron chi connectivity index (χ3n) is 4.30. The smallest absolute Gasteiger partial charge is 0.256 e. The van der Waals surface area contributed by atoms with Crippen LogP contribution in [0.1, 0.15) is 22.8 Å². The third-order valence-corrected chi connectivity index (χ3v) is 5.19. The number of anilines is 1. The molecule has 4 rings (SSSR count). The van der Waals surface area contributed by atoms with Crippen molar-refractivity contribution in [1.82, 2.24) is 14.8 Å². The minimum atomic E-state index is -0.470. The largest absolute Gasteiger partial charge is 0.319 e. The molecule has 0 saturated heterocycles. The van der Waals surface area contributed by atoms with Crippen molar-refractivity contribution in [2.24, 2.45) is 0 Å². The van der Waals surface area contributed by atoms with Gasteiger partial charge in [0.15, 0.2) is 5.65 Å². The molecular formula is C20H17FN4OS. The molecule has 5 nitrogen and oxygen atoms in total. The molecular weight excluding hydrogens is 363 g/mol. The molecule has 0 bridgehead atoms. The number of halogens is 1. The van der Waals surface area contributed by atoms with Crippen LogP contribution in [0.5, 0.6) is 0 Å². The van der Waals surface area contributed by atoms with E-state index in [1.165, 1.54) is 6.07 Å². The van der Waals surface area contributed by atoms with Gasteiger partial charge < -0.3 is 5.32 Å². The second kappa shape index (κ2) is 6.92. The monoisotopic (exact) mass is 380 g/mol. The topological polar surface area (TPSA) is 59.8 Å². The lowest BCUT2D eigenvalue weighted by Crippen LogP contribution is -2.14. The number of amides is 1. The summed E-state index contributed by atoms with van der Waals surface area (Å²) < 4.78 is 15.8. The first-order valence-corrected chi connectivity index (χ1v) is 9.42. The van der Waals surface area contributed by atoms with E-state index in [1.807, 2.05) is 31.4 Å². The zero-order valence-electron chi connectivity index (χ0n) is 14.9. The van der Waals surface area contributed by atoms with E-state index >= 15 is 0 Å². The highest BCUT2D eigenvalue weighted by Gasteiger charge is 2.18. The summed E-state index contributed by atoms with van der Waals surface area (Å²) in [4.78, 5) is 18.6. The fourth-order valence-electron chi connectivity index (χ4n) is 2.94. The normalized spacial score (nSPS) is 11.1. The van der Waals surface area contributed by atoms with Gasteiger partial charge in [0.25, 0.3) is 5.91 Å². The number of fused-ring (bicyclic) bond motifs is 1. The number of aromatic nitrogens is 3. The van der Waals surface area contributed by atoms with Crippen molar-refractivity contribution >= 4 is 34.0 Å². The van der Waals surface area contributed by atoms with Gasteiger partial charge in [-0.25, -0.2) is 14.1 Å². The lowest BCUT2D eigenvalue weighted by Gasteiger charge is -2.10. The van der Waals surface area contributed by atoms with Crippen LogP contribution in [0.3, 0.4) is 0 Å². The molecule has 4 aromatic rings. The summed E-state index contributed by atoms with van der Waals surface area (Å²) in [5.41, 5.74) is 2.78. The highest BCUT2D eigenvalue weighted by molar-refractivity contribution is 7.13. The second-order valence-electron chi connectivity index (χ2n) is 6.17. The van der Waals surface area contributed by atoms with Crippen molar-refractivity contribution in [3.8, 4) is 10.6 Å². The van der Waals surface area contributed by atoms with Crippen molar-refractivity contribution in [3.05, 3.63) is 64.9 Å². The number of pyridine rings is 1. The molecule has 0 atom stereocenters. The van der Waals surface area contributed by atoms with Crippen LogP contribution < -0.4 is 5.32 Å². The van der Waals surface area contributed by atoms with E-state index in [1.54, 1.807) is 40.4 Å². The average Bonchev–Trinajstić information content (AvgIpc) is 3.33. The van der Waals surface area contributed by atoms with Crippen molar-refractivity contribution in [2.75, 3.05) is 5.32 Å². The van der Waals surface area contributed by atoms with Gasteiger partial charge in [-0.1, -0.05) is 12.1 Å². The number of benzene rings is 1. The average molecular weight is 380 g/mol. The minimum Gasteiger partial charge on any atom is -0.319 e. The van der Waals surface area contributed by atoms with Gasteiger partial charge in [-0.15, -0.1) is 11.3 Å². The number of aryl methyl sites for hydroxylation is 2. The number of rotatable bonds is 4. The Labute approximate surface area is 159 Å². The van der Waals surface area contributed by atoms with E-state index in [4.69, 9.17) is 0 Å². The number of nitrogens with zero attached hydrogens (tertiary/aromatic N) is 3. The Kier molecular flexibility index (Phi) is 4.45. The Hall–Kier alpha value is -3.06. The van der Waals surface area contributed by atoms with Gasteiger partial charge in [0.2, 0.25) is 0 Å². The Morgan fingerprint density at radius 1 is 1.30 bits per heavy atom. The van der Waals surface area contributed by atoms with Crippen molar-refractivity contribution in [2.45, 2.75) is 20.4 Å². The first kappa shape index (κ1) is 17.4. The highest BCUT2D eigenvalue weighted by atomic mass is 32.1. The van der Waals surface area contributed by atoms with E-state index in [0.29, 0.717) is 28.8 Å². The van der Waals surface area contributed by atoms with Crippen LogP contribution in [0.25, 0.3) is 21.6 Å². The summed E-state index contributed by atoms with van der Waals surface area (Å²) in [5, 5.41) is 9.61. The van der Waals surface area contributed by atoms with Crippen LogP contribution in [0.4, 0.5) is 10.1 Å². The Bertz CT molecular complexity index is 1130. The van der Waals surface area contributed by atoms with Crippen LogP contribution in [0.2, 0.25) is 0 Å². The SMILES string of the molecule is CCn1ncc2c(C(=O)Nc3cc(C)ccc3F)cc(-c3cccs3)nc21. The van der Waals surface area contributed by atoms with Gasteiger partial charge in [-0.2, -0.15) is 5.10 Å². The predicted octanol–water partition coefficient (Wildman–Crippen LogP) is 4.88. The van der Waals surface area contributed by atoms with E-state index in [2.05, 4.69) is 15.4 Å². The Balaban J connectivity index is 1.83. The second-order valence-corrected chi connectivity index (χ2v) is 7.12. The van der Waals surface area contributed by atoms with Crippen molar-refractivity contribution in [1.29, 1.82) is 0 Å². The molecule has 0 fully saturated rings. The molecule has 7 heteroatoms. The molecule has 0 unspecified atom stereocenters. The summed E-state index contributed by atoms with van der Waals surface area (Å²) in [6, 6.07) is 10.2. The molecule has 3 heterocycles. The third kappa shape index (κ3) is 3.21. The van der Waals surface area contributed by atoms with Gasteiger partial charge in [0.05, 0.1) is 33.4 Å². The molecule has 1 amide bonds. The predicted molar refractivity (Wildman–Crippen MR) is 106 cm³/mol. The molecule has 1 aromatic carbocycles. The van der Waals surface area contributed by atoms with Crippen molar-refractivity contribution in [3.63, 3.8) is 0 Å². The first-order chi connectivity index (χ1) is 13.1. The number of carbonyl (C=O) groups excluding carboxylic acids is 1. The van der Waals surface area contributed by atoms with Crippen LogP contribution >= 0.6 is 11.3 Å². The zero-order valence-corrected chi connectivity index (χ0v) is 15.7. The van der Waals surface area contributed by atoms with E-state index < -0.39 is 5.82 Å². The quantitative estimate of drug-likeness (QED) is 0.549. The lowest BCUT2D eigenvalue weighted by atomic mass is 10.1. The molecule has 136 valence electrons. The van der Waals surface area contributed by atoms with Crippen molar-refractivity contribution < 1.29 is 9.18 Å². The number of thiophene rings is 1. The Morgan fingerprint density at radius 2 is 2.15 bits per heavy atom. The van der Waals surface area contributed by atoms with Crippen LogP contribution in [-0.2, 0) is 6.54 Å². The number of nitrogens with one attached hydrogen (secondary N) is 1. The molecule has 0 aliphatic rings. The molecule has 1 N–H and O–H groups in total. The zero-order chi connectivity index (χ0) is 19.0. The Morgan fingerprint density at radius 3 is 2.89 bits per heavy atom. The summed E-state index contributed by atoms with van der Waals surface area (Å²) in [6.45, 7) is 4.45. The van der Waals surface area contributed by atoms with Crippen LogP contribution in [0, 0.1) is 12.7 Å². The fraction of sp³-hybridized carbons (Fsp3) is 0.150. The van der Waals surface area contributed by atoms with E-state index in [0.717, 1.165) is 10.4 Å². The van der Waals surface area contributed by atoms with Crippen LogP contribution in [0.15, 0.2) is 48.0 Å². The molecule has 0 aliphatic carbocycles. The van der Waals surface area contributed by atoms with Crippen LogP contribution in [-0.4, -0.2) is 20.7 Å². The molecule has 0 saturated carbocycles. The molecule has 0 radical (unpaired) electrons. The number of carbonyl (C=O) groups is 1. The summed E-state index contributed by atoms with van der Waals surface area (Å²) in [6.07, 6.45) is 1.63. The molecule has 0 spiro atoms. The van der Waals surface area contributed by atoms with Gasteiger partial charge in [-0.3, -0.25) is 4.79 Å². The maximum atomic E-state index is 14.1. The van der Waals surface area contributed by atoms with E-state index in [-0.39, 0.29) is 11.6 Å². The first-order valence-electron chi connectivity index (χ1n) is 8.54. The summed E-state index contributed by atoms with van der Waals surface area (Å²) >= 11 is 1.55. The summed E-state index contributed by atoms with van der Waals surface area (Å²) in [5.74, 6) is -0.859. The van der Waals surface area contributed by atoms with Gasteiger partial charge in [-0.05, 0) is 49.1 Å². The molecule has 27 heavy (non-hydrogen) atoms. The minimum absolute atomic E-state index is 0.158. The fourth-order valence-corrected chi connectivity index (χ4v) is 3.63. The van der Waals surface area contributed by atoms with Gasteiger partial charge in [0, 0.05) is 6.54 Å². The molecule has 0 aliphatic heterocycles. The standard InChI is InChI=1S/C20H17FN4OS/c1-3-25-19-14(11-22-25)13(10-17(23-19)18-5-4-8-27-18)20(26)24-16-9-12(2)6-7-15(16)21/h4-11H,3H2,1-2H3,(H,24,26). The maximum Gasteiger partial charge on any atom is 0.256 e. The van der Waals surface area contributed by atoms with E-state index in [9.17, 15) is 9.18 Å². The maximum absolute atomic E-state index is 14.1. The highest BCUT2D eigenvalue weighted by Crippen LogP contribution is 2.28. The van der Waals surface area contributed by atoms with Gasteiger partial charge in [0.1, 0.15) is 5.82 Å². The van der Waals surface area contributed by atoms with Gasteiger partial charge >= 0.3 is 0 Å². The summed E-state index contributed by atoms with van der Waals surface area (Å²) in [7, 11) is 0.